The lowest BCUT2D eigenvalue weighted by Gasteiger charge is -2.21. The van der Waals surface area contributed by atoms with Crippen molar-refractivity contribution in [3.8, 4) is 17.1 Å². The Kier molecular flexibility index (Phi) is 6.83. The molecule has 2 rings (SSSR count). The molecule has 1 atom stereocenters. The zero-order valence-corrected chi connectivity index (χ0v) is 16.1. The first-order chi connectivity index (χ1) is 13.2. The van der Waals surface area contributed by atoms with Crippen LogP contribution in [0.1, 0.15) is 38.2 Å². The fraction of sp³-hybridized carbons (Fsp3) is 0.389. The van der Waals surface area contributed by atoms with Gasteiger partial charge in [-0.1, -0.05) is 0 Å². The number of nitrogens with one attached hydrogen (secondary N) is 1. The monoisotopic (exact) mass is 389 g/mol. The number of amides is 1. The van der Waals surface area contributed by atoms with Crippen LogP contribution in [0.5, 0.6) is 5.88 Å². The number of pyridine rings is 1. The van der Waals surface area contributed by atoms with Gasteiger partial charge in [-0.15, -0.1) is 0 Å². The Hall–Kier alpha value is -3.27. The molecule has 150 valence electrons. The molecule has 0 aliphatic heterocycles. The van der Waals surface area contributed by atoms with Gasteiger partial charge in [0.25, 0.3) is 5.91 Å². The molecular weight excluding hydrogens is 366 g/mol. The molecule has 2 aromatic rings. The molecule has 0 saturated heterocycles. The molecule has 0 fully saturated rings. The number of carbonyl (C=O) groups is 2. The summed E-state index contributed by atoms with van der Waals surface area (Å²) in [7, 11) is 0. The summed E-state index contributed by atoms with van der Waals surface area (Å²) in [6.07, 6.45) is 3.06. The predicted molar refractivity (Wildman–Crippen MR) is 99.2 cm³/mol. The smallest absolute Gasteiger partial charge is 0.474 e. The van der Waals surface area contributed by atoms with Crippen LogP contribution in [0.4, 0.5) is 4.79 Å². The fourth-order valence-electron chi connectivity index (χ4n) is 1.98. The SMILES string of the molecule is CC(COc1ccc(-c2cncc(C(=O)NN)n2)cn1)OC(=O)OC(C)(C)C. The van der Waals surface area contributed by atoms with Crippen molar-refractivity contribution >= 4 is 12.1 Å². The van der Waals surface area contributed by atoms with Crippen LogP contribution >= 0.6 is 0 Å². The maximum Gasteiger partial charge on any atom is 0.509 e. The van der Waals surface area contributed by atoms with E-state index in [9.17, 15) is 9.59 Å². The summed E-state index contributed by atoms with van der Waals surface area (Å²) >= 11 is 0. The number of ether oxygens (including phenoxy) is 3. The van der Waals surface area contributed by atoms with Gasteiger partial charge in [0.2, 0.25) is 5.88 Å². The maximum atomic E-state index is 11.6. The first kappa shape index (κ1) is 21.0. The van der Waals surface area contributed by atoms with Crippen molar-refractivity contribution < 1.29 is 23.8 Å². The second-order valence-electron chi connectivity index (χ2n) is 6.85. The Morgan fingerprint density at radius 1 is 1.21 bits per heavy atom. The molecule has 2 heterocycles. The van der Waals surface area contributed by atoms with E-state index in [0.29, 0.717) is 17.1 Å². The zero-order chi connectivity index (χ0) is 20.7. The second-order valence-corrected chi connectivity index (χ2v) is 6.85. The third-order valence-corrected chi connectivity index (χ3v) is 3.18. The molecule has 0 aliphatic rings. The Bertz CT molecular complexity index is 820. The van der Waals surface area contributed by atoms with Gasteiger partial charge in [0.05, 0.1) is 18.1 Å². The van der Waals surface area contributed by atoms with Crippen molar-refractivity contribution in [3.05, 3.63) is 36.4 Å². The van der Waals surface area contributed by atoms with Gasteiger partial charge >= 0.3 is 6.16 Å². The lowest BCUT2D eigenvalue weighted by Crippen LogP contribution is -2.30. The molecule has 28 heavy (non-hydrogen) atoms. The van der Waals surface area contributed by atoms with Crippen LogP contribution in [-0.2, 0) is 9.47 Å². The Balaban J connectivity index is 1.93. The van der Waals surface area contributed by atoms with Crippen LogP contribution in [0.15, 0.2) is 30.7 Å². The maximum absolute atomic E-state index is 11.6. The summed E-state index contributed by atoms with van der Waals surface area (Å²) in [5.74, 6) is 4.89. The number of hydrogen-bond donors (Lipinski definition) is 2. The van der Waals surface area contributed by atoms with Crippen molar-refractivity contribution in [3.63, 3.8) is 0 Å². The molecule has 0 spiro atoms. The van der Waals surface area contributed by atoms with E-state index < -0.39 is 23.8 Å². The van der Waals surface area contributed by atoms with E-state index in [2.05, 4.69) is 15.0 Å². The van der Waals surface area contributed by atoms with Gasteiger partial charge in [-0.2, -0.15) is 0 Å². The topological polar surface area (TPSA) is 139 Å². The number of nitrogens with zero attached hydrogens (tertiary/aromatic N) is 3. The highest BCUT2D eigenvalue weighted by molar-refractivity contribution is 5.91. The number of carbonyl (C=O) groups excluding carboxylic acids is 2. The Labute approximate surface area is 162 Å². The normalized spacial score (nSPS) is 12.0. The minimum atomic E-state index is -0.758. The van der Waals surface area contributed by atoms with E-state index >= 15 is 0 Å². The van der Waals surface area contributed by atoms with E-state index in [4.69, 9.17) is 20.1 Å². The summed E-state index contributed by atoms with van der Waals surface area (Å²) in [5.41, 5.74) is 2.57. The number of hydrazine groups is 1. The van der Waals surface area contributed by atoms with E-state index in [0.717, 1.165) is 0 Å². The van der Waals surface area contributed by atoms with E-state index in [-0.39, 0.29) is 12.3 Å². The molecule has 2 aromatic heterocycles. The minimum absolute atomic E-state index is 0.0912. The van der Waals surface area contributed by atoms with Crippen molar-refractivity contribution in [2.75, 3.05) is 6.61 Å². The minimum Gasteiger partial charge on any atom is -0.474 e. The molecule has 0 radical (unpaired) electrons. The summed E-state index contributed by atoms with van der Waals surface area (Å²) in [4.78, 5) is 35.5. The first-order valence-corrected chi connectivity index (χ1v) is 8.50. The van der Waals surface area contributed by atoms with E-state index in [1.807, 2.05) is 5.43 Å². The standard InChI is InChI=1S/C18H23N5O5/c1-11(27-17(25)28-18(2,3)4)10-26-15-6-5-12(7-21-15)13-8-20-9-14(22-13)16(24)23-19/h5-9,11H,10,19H2,1-4H3,(H,23,24). The van der Waals surface area contributed by atoms with Crippen LogP contribution in [0.3, 0.4) is 0 Å². The zero-order valence-electron chi connectivity index (χ0n) is 16.1. The van der Waals surface area contributed by atoms with Crippen molar-refractivity contribution in [2.45, 2.75) is 39.4 Å². The molecule has 1 amide bonds. The summed E-state index contributed by atoms with van der Waals surface area (Å²) in [6.45, 7) is 7.05. The lowest BCUT2D eigenvalue weighted by atomic mass is 10.2. The van der Waals surface area contributed by atoms with E-state index in [1.165, 1.54) is 18.6 Å². The summed E-state index contributed by atoms with van der Waals surface area (Å²) in [6, 6.07) is 3.35. The average Bonchev–Trinajstić information content (AvgIpc) is 2.64. The van der Waals surface area contributed by atoms with Crippen molar-refractivity contribution in [1.82, 2.24) is 20.4 Å². The van der Waals surface area contributed by atoms with E-state index in [1.54, 1.807) is 39.8 Å². The van der Waals surface area contributed by atoms with Crippen LogP contribution in [0.2, 0.25) is 0 Å². The number of hydrogen-bond acceptors (Lipinski definition) is 9. The lowest BCUT2D eigenvalue weighted by molar-refractivity contribution is -0.0314. The van der Waals surface area contributed by atoms with Crippen LogP contribution in [-0.4, -0.2) is 45.3 Å². The van der Waals surface area contributed by atoms with Crippen molar-refractivity contribution in [1.29, 1.82) is 0 Å². The Morgan fingerprint density at radius 2 is 1.96 bits per heavy atom. The molecule has 1 unspecified atom stereocenters. The largest absolute Gasteiger partial charge is 0.509 e. The highest BCUT2D eigenvalue weighted by Crippen LogP contribution is 2.18. The molecule has 0 aliphatic carbocycles. The molecule has 10 nitrogen and oxygen atoms in total. The fourth-order valence-corrected chi connectivity index (χ4v) is 1.98. The number of nitrogen functional groups attached to an aromatic ring is 1. The number of aromatic nitrogens is 3. The molecule has 0 bridgehead atoms. The van der Waals surface area contributed by atoms with Crippen LogP contribution < -0.4 is 16.0 Å². The number of rotatable bonds is 6. The molecular formula is C18H23N5O5. The Morgan fingerprint density at radius 3 is 2.57 bits per heavy atom. The van der Waals surface area contributed by atoms with Gasteiger partial charge in [0, 0.05) is 17.8 Å². The summed E-state index contributed by atoms with van der Waals surface area (Å²) < 4.78 is 15.7. The highest BCUT2D eigenvalue weighted by atomic mass is 16.7. The molecule has 0 aromatic carbocycles. The summed E-state index contributed by atoms with van der Waals surface area (Å²) in [5, 5.41) is 0. The first-order valence-electron chi connectivity index (χ1n) is 8.50. The number of nitrogens with two attached hydrogens (primary N) is 1. The molecule has 10 heteroatoms. The average molecular weight is 389 g/mol. The highest BCUT2D eigenvalue weighted by Gasteiger charge is 2.20. The van der Waals surface area contributed by atoms with Gasteiger partial charge < -0.3 is 14.2 Å². The van der Waals surface area contributed by atoms with Gasteiger partial charge in [0.15, 0.2) is 0 Å². The molecule has 0 saturated carbocycles. The quantitative estimate of drug-likeness (QED) is 0.328. The van der Waals surface area contributed by atoms with Gasteiger partial charge in [0.1, 0.15) is 24.0 Å². The third-order valence-electron chi connectivity index (χ3n) is 3.18. The van der Waals surface area contributed by atoms with Gasteiger partial charge in [-0.25, -0.2) is 20.6 Å². The molecule has 3 N–H and O–H groups in total. The predicted octanol–water partition coefficient (Wildman–Crippen LogP) is 1.86. The van der Waals surface area contributed by atoms with Crippen LogP contribution in [0, 0.1) is 0 Å². The van der Waals surface area contributed by atoms with Gasteiger partial charge in [-0.3, -0.25) is 15.2 Å². The second kappa shape index (κ2) is 9.09. The van der Waals surface area contributed by atoms with Crippen LogP contribution in [0.25, 0.3) is 11.3 Å². The van der Waals surface area contributed by atoms with Crippen molar-refractivity contribution in [2.24, 2.45) is 5.84 Å². The third kappa shape index (κ3) is 6.47. The van der Waals surface area contributed by atoms with Gasteiger partial charge in [-0.05, 0) is 33.8 Å².